The Morgan fingerprint density at radius 1 is 1.15 bits per heavy atom. The summed E-state index contributed by atoms with van der Waals surface area (Å²) >= 11 is 0. The van der Waals surface area contributed by atoms with E-state index in [1.165, 1.54) is 25.2 Å². The molecule has 2 heteroatoms. The quantitative estimate of drug-likeness (QED) is 0.505. The predicted molar refractivity (Wildman–Crippen MR) is 97.9 cm³/mol. The summed E-state index contributed by atoms with van der Waals surface area (Å²) in [6, 6.07) is 0. The zero-order valence-electron chi connectivity index (χ0n) is 14.5. The molecule has 0 amide bonds. The lowest BCUT2D eigenvalue weighted by Gasteiger charge is -2.61. The maximum atomic E-state index is 2.54. The molecule has 1 saturated heterocycles. The van der Waals surface area contributed by atoms with Crippen molar-refractivity contribution in [3.63, 3.8) is 0 Å². The highest BCUT2D eigenvalue weighted by Crippen LogP contribution is 2.77. The molecule has 0 aromatic rings. The summed E-state index contributed by atoms with van der Waals surface area (Å²) in [5, 5.41) is 2.93. The van der Waals surface area contributed by atoms with Crippen LogP contribution in [0, 0.1) is 0 Å². The van der Waals surface area contributed by atoms with Crippen LogP contribution in [0.15, 0.2) is 23.0 Å². The van der Waals surface area contributed by atoms with E-state index in [1.807, 2.05) is 5.57 Å². The molecule has 1 heterocycles. The Kier molecular flexibility index (Phi) is 4.89. The molecule has 0 spiro atoms. The Balaban J connectivity index is 2.28. The molecule has 1 aliphatic heterocycles. The number of rotatable bonds is 5. The third kappa shape index (κ3) is 2.80. The topological polar surface area (TPSA) is 0 Å². The average Bonchev–Trinajstić information content (AvgIpc) is 2.77. The van der Waals surface area contributed by atoms with Crippen molar-refractivity contribution < 1.29 is 0 Å². The number of hydrogen-bond acceptors (Lipinski definition) is 0. The predicted octanol–water partition coefficient (Wildman–Crippen LogP) is 6.55. The Hall–Kier alpha value is 0.340. The van der Waals surface area contributed by atoms with E-state index in [0.29, 0.717) is 10.3 Å². The first kappa shape index (κ1) is 16.7. The minimum atomic E-state index is 0.0945. The summed E-state index contributed by atoms with van der Waals surface area (Å²) < 4.78 is 0. The van der Waals surface area contributed by atoms with Crippen molar-refractivity contribution in [3.05, 3.63) is 23.0 Å². The molecule has 2 aliphatic rings. The van der Waals surface area contributed by atoms with Crippen molar-refractivity contribution in [2.24, 2.45) is 0 Å². The van der Waals surface area contributed by atoms with Crippen LogP contribution >= 0.6 is 15.8 Å². The first-order chi connectivity index (χ1) is 9.24. The van der Waals surface area contributed by atoms with E-state index < -0.39 is 0 Å². The lowest BCUT2D eigenvalue weighted by atomic mass is 9.96. The summed E-state index contributed by atoms with van der Waals surface area (Å²) in [6.45, 7) is 17.3. The van der Waals surface area contributed by atoms with E-state index in [2.05, 4.69) is 60.6 Å². The lowest BCUT2D eigenvalue weighted by Crippen LogP contribution is -2.48. The summed E-state index contributed by atoms with van der Waals surface area (Å²) in [5.41, 5.74) is 2.63. The van der Waals surface area contributed by atoms with E-state index in [0.717, 1.165) is 5.66 Å². The zero-order valence-corrected chi connectivity index (χ0v) is 16.2. The monoisotopic (exact) mass is 310 g/mol. The second-order valence-corrected chi connectivity index (χ2v) is 14.3. The number of allylic oxidation sites excluding steroid dienone is 4. The van der Waals surface area contributed by atoms with Crippen LogP contribution in [0.4, 0.5) is 0 Å². The molecule has 0 bridgehead atoms. The van der Waals surface area contributed by atoms with Gasteiger partial charge in [-0.15, -0.1) is 0 Å². The van der Waals surface area contributed by atoms with Crippen LogP contribution in [0.3, 0.4) is 0 Å². The van der Waals surface area contributed by atoms with Crippen LogP contribution in [-0.2, 0) is 0 Å². The Bertz CT molecular complexity index is 411. The minimum Gasteiger partial charge on any atom is -0.0879 e. The summed E-state index contributed by atoms with van der Waals surface area (Å²) in [4.78, 5) is 0. The van der Waals surface area contributed by atoms with Gasteiger partial charge in [-0.1, -0.05) is 82.0 Å². The maximum absolute atomic E-state index is 2.54. The molecule has 1 aliphatic carbocycles. The van der Waals surface area contributed by atoms with Crippen molar-refractivity contribution in [1.29, 1.82) is 0 Å². The Labute approximate surface area is 129 Å². The molecule has 20 heavy (non-hydrogen) atoms. The Morgan fingerprint density at radius 3 is 2.15 bits per heavy atom. The van der Waals surface area contributed by atoms with Crippen LogP contribution in [0.2, 0.25) is 0 Å². The summed E-state index contributed by atoms with van der Waals surface area (Å²) in [5.74, 6) is 0. The van der Waals surface area contributed by atoms with Gasteiger partial charge in [-0.3, -0.25) is 0 Å². The molecule has 0 unspecified atom stereocenters. The van der Waals surface area contributed by atoms with Crippen molar-refractivity contribution in [2.45, 2.75) is 77.3 Å². The van der Waals surface area contributed by atoms with Gasteiger partial charge in [0.2, 0.25) is 0 Å². The molecule has 114 valence electrons. The molecule has 0 aromatic carbocycles. The van der Waals surface area contributed by atoms with Crippen molar-refractivity contribution in [1.82, 2.24) is 0 Å². The smallest absolute Gasteiger partial charge is 0.000567 e. The molecule has 1 atom stereocenters. The second kappa shape index (κ2) is 5.85. The van der Waals surface area contributed by atoms with E-state index in [1.54, 1.807) is 5.31 Å². The van der Waals surface area contributed by atoms with E-state index in [-0.39, 0.29) is 15.8 Å². The molecule has 2 rings (SSSR count). The third-order valence-electron chi connectivity index (χ3n) is 5.11. The maximum Gasteiger partial charge on any atom is -0.000567 e. The van der Waals surface area contributed by atoms with E-state index in [9.17, 15) is 0 Å². The van der Waals surface area contributed by atoms with Crippen molar-refractivity contribution in [2.75, 3.05) is 12.3 Å². The van der Waals surface area contributed by atoms with Gasteiger partial charge < -0.3 is 0 Å². The molecular weight excluding hydrogens is 278 g/mol. The van der Waals surface area contributed by atoms with Gasteiger partial charge >= 0.3 is 0 Å². The highest BCUT2D eigenvalue weighted by atomic mass is 31.1. The standard InChI is InChI=1S/C18H32P2/c1-8-19(9-2)16-12-10-11-15(16)14(3)20-17(4,5)13-18(20,6)7/h10,12,14H,8-9,11,13H2,1-7H3/t14-/m1/s1. The van der Waals surface area contributed by atoms with Crippen LogP contribution in [0.25, 0.3) is 0 Å². The minimum absolute atomic E-state index is 0.0945. The van der Waals surface area contributed by atoms with E-state index in [4.69, 9.17) is 0 Å². The molecule has 0 N–H and O–H groups in total. The van der Waals surface area contributed by atoms with Crippen molar-refractivity contribution in [3.8, 4) is 0 Å². The fourth-order valence-corrected chi connectivity index (χ4v) is 12.3. The normalized spacial score (nSPS) is 26.2. The van der Waals surface area contributed by atoms with Crippen LogP contribution in [0.1, 0.15) is 61.3 Å². The van der Waals surface area contributed by atoms with Crippen molar-refractivity contribution >= 4 is 15.8 Å². The highest BCUT2D eigenvalue weighted by molar-refractivity contribution is 7.64. The van der Waals surface area contributed by atoms with Crippen LogP contribution < -0.4 is 0 Å². The molecule has 0 nitrogen and oxygen atoms in total. The highest BCUT2D eigenvalue weighted by Gasteiger charge is 2.55. The van der Waals surface area contributed by atoms with Gasteiger partial charge in [-0.05, 0) is 46.5 Å². The zero-order chi connectivity index (χ0) is 15.1. The second-order valence-electron chi connectivity index (χ2n) is 7.54. The van der Waals surface area contributed by atoms with Gasteiger partial charge in [0.15, 0.2) is 0 Å². The SMILES string of the molecule is CCP(CC)C1=C([C@@H](C)P2C(C)(C)CC2(C)C)CC=C1. The van der Waals surface area contributed by atoms with Crippen LogP contribution in [-0.4, -0.2) is 28.3 Å². The van der Waals surface area contributed by atoms with Gasteiger partial charge in [0, 0.05) is 0 Å². The number of hydrogen-bond donors (Lipinski definition) is 0. The van der Waals surface area contributed by atoms with Gasteiger partial charge in [-0.25, -0.2) is 0 Å². The van der Waals surface area contributed by atoms with Gasteiger partial charge in [0.05, 0.1) is 0 Å². The molecule has 0 saturated carbocycles. The average molecular weight is 310 g/mol. The van der Waals surface area contributed by atoms with Gasteiger partial charge in [0.25, 0.3) is 0 Å². The molecular formula is C18H32P2. The van der Waals surface area contributed by atoms with Gasteiger partial charge in [-0.2, -0.15) is 0 Å². The molecule has 0 radical (unpaired) electrons. The summed E-state index contributed by atoms with van der Waals surface area (Å²) in [6.07, 6.45) is 10.2. The Morgan fingerprint density at radius 2 is 1.70 bits per heavy atom. The lowest BCUT2D eigenvalue weighted by molar-refractivity contribution is 0.444. The fourth-order valence-electron chi connectivity index (χ4n) is 4.93. The molecule has 1 fully saturated rings. The third-order valence-corrected chi connectivity index (χ3v) is 11.8. The van der Waals surface area contributed by atoms with E-state index >= 15 is 0 Å². The first-order valence-corrected chi connectivity index (χ1v) is 11.3. The van der Waals surface area contributed by atoms with Gasteiger partial charge in [0.1, 0.15) is 0 Å². The first-order valence-electron chi connectivity index (χ1n) is 8.18. The fraction of sp³-hybridized carbons (Fsp3) is 0.778. The van der Waals surface area contributed by atoms with Crippen LogP contribution in [0.5, 0.6) is 0 Å². The summed E-state index contributed by atoms with van der Waals surface area (Å²) in [7, 11) is 0.201. The molecule has 0 aromatic heterocycles. The largest absolute Gasteiger partial charge is 0.0879 e.